The number of halogens is 1. The Kier molecular flexibility index (Phi) is 6.08. The lowest BCUT2D eigenvalue weighted by molar-refractivity contribution is 0.0337. The van der Waals surface area contributed by atoms with Gasteiger partial charge in [0.05, 0.1) is 30.2 Å². The molecule has 1 fully saturated rings. The van der Waals surface area contributed by atoms with Crippen LogP contribution in [0, 0.1) is 5.82 Å². The molecule has 0 radical (unpaired) electrons. The summed E-state index contributed by atoms with van der Waals surface area (Å²) in [4.78, 5) is 14.6. The average molecular weight is 447 g/mol. The number of carbonyl (C=O) groups excluding carboxylic acids is 1. The maximum absolute atomic E-state index is 14.9. The first-order valence-corrected chi connectivity index (χ1v) is 11.5. The van der Waals surface area contributed by atoms with Crippen LogP contribution in [0.15, 0.2) is 53.4 Å². The Labute approximate surface area is 180 Å². The van der Waals surface area contributed by atoms with Gasteiger partial charge >= 0.3 is 5.97 Å². The molecule has 1 aliphatic rings. The zero-order valence-electron chi connectivity index (χ0n) is 17.1. The first-order valence-electron chi connectivity index (χ1n) is 10.0. The molecule has 0 spiro atoms. The van der Waals surface area contributed by atoms with Gasteiger partial charge in [-0.3, -0.25) is 4.90 Å². The van der Waals surface area contributed by atoms with Crippen molar-refractivity contribution >= 4 is 26.9 Å². The smallest absolute Gasteiger partial charge is 0.356 e. The van der Waals surface area contributed by atoms with E-state index in [1.54, 1.807) is 25.1 Å². The lowest BCUT2D eigenvalue weighted by Crippen LogP contribution is -2.35. The van der Waals surface area contributed by atoms with Crippen molar-refractivity contribution in [2.24, 2.45) is 0 Å². The van der Waals surface area contributed by atoms with Crippen molar-refractivity contribution in [2.45, 2.75) is 18.4 Å². The molecular weight excluding hydrogens is 423 g/mol. The van der Waals surface area contributed by atoms with Gasteiger partial charge in [-0.05, 0) is 37.3 Å². The lowest BCUT2D eigenvalue weighted by Gasteiger charge is -2.26. The topological polar surface area (TPSA) is 77.8 Å². The van der Waals surface area contributed by atoms with E-state index in [2.05, 4.69) is 0 Å². The minimum Gasteiger partial charge on any atom is -0.461 e. The average Bonchev–Trinajstić information content (AvgIpc) is 3.14. The highest BCUT2D eigenvalue weighted by Crippen LogP contribution is 2.29. The first kappa shape index (κ1) is 21.5. The minimum absolute atomic E-state index is 0.0251. The van der Waals surface area contributed by atoms with Crippen molar-refractivity contribution < 1.29 is 27.1 Å². The summed E-state index contributed by atoms with van der Waals surface area (Å²) in [5, 5.41) is 0.311. The van der Waals surface area contributed by atoms with Gasteiger partial charge in [0.2, 0.25) is 0 Å². The van der Waals surface area contributed by atoms with Gasteiger partial charge in [0.25, 0.3) is 10.0 Å². The zero-order valence-corrected chi connectivity index (χ0v) is 17.9. The zero-order chi connectivity index (χ0) is 22.0. The minimum atomic E-state index is -4.12. The number of aromatic nitrogens is 1. The van der Waals surface area contributed by atoms with Crippen LogP contribution in [0.4, 0.5) is 4.39 Å². The van der Waals surface area contributed by atoms with Gasteiger partial charge in [0.1, 0.15) is 11.5 Å². The van der Waals surface area contributed by atoms with E-state index in [1.165, 1.54) is 30.3 Å². The Morgan fingerprint density at radius 3 is 2.52 bits per heavy atom. The molecule has 1 saturated heterocycles. The third-order valence-electron chi connectivity index (χ3n) is 5.19. The van der Waals surface area contributed by atoms with Gasteiger partial charge in [0.15, 0.2) is 0 Å². The Morgan fingerprint density at radius 2 is 1.84 bits per heavy atom. The van der Waals surface area contributed by atoms with E-state index >= 15 is 0 Å². The Bertz CT molecular complexity index is 1200. The summed E-state index contributed by atoms with van der Waals surface area (Å²) < 4.78 is 53.1. The lowest BCUT2D eigenvalue weighted by atomic mass is 10.1. The summed E-state index contributed by atoms with van der Waals surface area (Å²) in [5.41, 5.74) is 0.424. The number of hydrogen-bond donors (Lipinski definition) is 0. The van der Waals surface area contributed by atoms with E-state index in [1.807, 2.05) is 4.90 Å². The Balaban J connectivity index is 1.89. The van der Waals surface area contributed by atoms with Crippen LogP contribution in [0.1, 0.15) is 23.0 Å². The highest BCUT2D eigenvalue weighted by molar-refractivity contribution is 7.90. The largest absolute Gasteiger partial charge is 0.461 e. The number of benzene rings is 2. The van der Waals surface area contributed by atoms with E-state index in [4.69, 9.17) is 9.47 Å². The maximum atomic E-state index is 14.9. The predicted octanol–water partition coefficient (Wildman–Crippen LogP) is 3.03. The number of morpholine rings is 1. The van der Waals surface area contributed by atoms with Gasteiger partial charge in [-0.25, -0.2) is 21.6 Å². The molecule has 0 aliphatic carbocycles. The Hall–Kier alpha value is -2.75. The fourth-order valence-electron chi connectivity index (χ4n) is 3.67. The van der Waals surface area contributed by atoms with Crippen molar-refractivity contribution in [3.8, 4) is 0 Å². The molecule has 4 rings (SSSR count). The van der Waals surface area contributed by atoms with E-state index in [-0.39, 0.29) is 22.7 Å². The molecule has 3 aromatic rings. The van der Waals surface area contributed by atoms with Crippen LogP contribution in [0.5, 0.6) is 0 Å². The second-order valence-corrected chi connectivity index (χ2v) is 9.01. The molecule has 2 aromatic carbocycles. The summed E-state index contributed by atoms with van der Waals surface area (Å²) in [7, 11) is -4.12. The normalized spacial score (nSPS) is 15.3. The molecule has 9 heteroatoms. The second-order valence-electron chi connectivity index (χ2n) is 7.22. The third-order valence-corrected chi connectivity index (χ3v) is 6.93. The van der Waals surface area contributed by atoms with Crippen molar-refractivity contribution in [2.75, 3.05) is 32.9 Å². The standard InChI is InChI=1S/C22H23FN2O5S/c1-2-30-22(26)21-13-16-12-19(23)17(15-24-8-10-29-11-9-24)14-20(16)25(21)31(27,28)18-6-4-3-5-7-18/h3-7,12-14H,2,8-11,15H2,1H3. The molecule has 0 atom stereocenters. The van der Waals surface area contributed by atoms with Crippen LogP contribution in [0.25, 0.3) is 10.9 Å². The summed E-state index contributed by atoms with van der Waals surface area (Å²) in [6, 6.07) is 11.9. The molecule has 0 bridgehead atoms. The number of rotatable bonds is 6. The van der Waals surface area contributed by atoms with Crippen LogP contribution >= 0.6 is 0 Å². The van der Waals surface area contributed by atoms with Crippen molar-refractivity contribution in [3.63, 3.8) is 0 Å². The van der Waals surface area contributed by atoms with Crippen molar-refractivity contribution in [1.82, 2.24) is 8.87 Å². The molecule has 0 saturated carbocycles. The molecule has 164 valence electrons. The van der Waals surface area contributed by atoms with Gasteiger partial charge in [-0.15, -0.1) is 0 Å². The van der Waals surface area contributed by atoms with E-state index in [0.29, 0.717) is 43.8 Å². The molecular formula is C22H23FN2O5S. The van der Waals surface area contributed by atoms with Gasteiger partial charge in [0, 0.05) is 30.6 Å². The SMILES string of the molecule is CCOC(=O)c1cc2cc(F)c(CN3CCOCC3)cc2n1S(=O)(=O)c1ccccc1. The van der Waals surface area contributed by atoms with Crippen LogP contribution in [0.3, 0.4) is 0 Å². The molecule has 0 amide bonds. The van der Waals surface area contributed by atoms with Crippen LogP contribution < -0.4 is 0 Å². The molecule has 1 aromatic heterocycles. The van der Waals surface area contributed by atoms with Crippen molar-refractivity contribution in [1.29, 1.82) is 0 Å². The number of carbonyl (C=O) groups is 1. The van der Waals surface area contributed by atoms with Gasteiger partial charge in [-0.2, -0.15) is 0 Å². The summed E-state index contributed by atoms with van der Waals surface area (Å²) in [5.74, 6) is -1.24. The monoisotopic (exact) mass is 446 g/mol. The molecule has 1 aliphatic heterocycles. The fourth-order valence-corrected chi connectivity index (χ4v) is 5.19. The van der Waals surface area contributed by atoms with Gasteiger partial charge < -0.3 is 9.47 Å². The van der Waals surface area contributed by atoms with E-state index in [0.717, 1.165) is 3.97 Å². The Morgan fingerprint density at radius 1 is 1.13 bits per heavy atom. The highest BCUT2D eigenvalue weighted by atomic mass is 32.2. The number of nitrogens with zero attached hydrogens (tertiary/aromatic N) is 2. The summed E-state index contributed by atoms with van der Waals surface area (Å²) in [6.45, 7) is 4.49. The number of esters is 1. The van der Waals surface area contributed by atoms with Gasteiger partial charge in [-0.1, -0.05) is 18.2 Å². The van der Waals surface area contributed by atoms with Crippen LogP contribution in [-0.2, 0) is 26.0 Å². The summed E-state index contributed by atoms with van der Waals surface area (Å²) >= 11 is 0. The quantitative estimate of drug-likeness (QED) is 0.542. The molecule has 31 heavy (non-hydrogen) atoms. The second kappa shape index (κ2) is 8.78. The fraction of sp³-hybridized carbons (Fsp3) is 0.318. The highest BCUT2D eigenvalue weighted by Gasteiger charge is 2.28. The molecule has 0 unspecified atom stereocenters. The number of hydrogen-bond acceptors (Lipinski definition) is 6. The van der Waals surface area contributed by atoms with Crippen LogP contribution in [0.2, 0.25) is 0 Å². The maximum Gasteiger partial charge on any atom is 0.356 e. The van der Waals surface area contributed by atoms with Crippen molar-refractivity contribution in [3.05, 3.63) is 65.6 Å². The first-order chi connectivity index (χ1) is 14.9. The predicted molar refractivity (Wildman–Crippen MR) is 113 cm³/mol. The number of fused-ring (bicyclic) bond motifs is 1. The van der Waals surface area contributed by atoms with E-state index < -0.39 is 21.8 Å². The third kappa shape index (κ3) is 4.21. The number of ether oxygens (including phenoxy) is 2. The van der Waals surface area contributed by atoms with Crippen LogP contribution in [-0.4, -0.2) is 56.2 Å². The molecule has 0 N–H and O–H groups in total. The van der Waals surface area contributed by atoms with E-state index in [9.17, 15) is 17.6 Å². The molecule has 2 heterocycles. The molecule has 7 nitrogen and oxygen atoms in total. The summed E-state index contributed by atoms with van der Waals surface area (Å²) in [6.07, 6.45) is 0.